The van der Waals surface area contributed by atoms with Crippen LogP contribution in [0.5, 0.6) is 17.2 Å². The van der Waals surface area contributed by atoms with Crippen LogP contribution in [0.4, 0.5) is 11.4 Å². The molecule has 3 aromatic rings. The number of halogens is 1. The highest BCUT2D eigenvalue weighted by molar-refractivity contribution is 6.02. The van der Waals surface area contributed by atoms with Gasteiger partial charge in [0.15, 0.2) is 5.96 Å². The van der Waals surface area contributed by atoms with Gasteiger partial charge in [0.25, 0.3) is 0 Å². The van der Waals surface area contributed by atoms with Gasteiger partial charge in [0, 0.05) is 29.8 Å². The first kappa shape index (κ1) is 30.4. The third-order valence-corrected chi connectivity index (χ3v) is 7.17. The van der Waals surface area contributed by atoms with Crippen LogP contribution in [0, 0.1) is 20.8 Å². The molecule has 1 heterocycles. The lowest BCUT2D eigenvalue weighted by Crippen LogP contribution is -2.38. The molecule has 0 radical (unpaired) electrons. The minimum Gasteiger partial charge on any atom is -0.507 e. The smallest absolute Gasteiger partial charge is 0.248 e. The Labute approximate surface area is 241 Å². The van der Waals surface area contributed by atoms with E-state index in [9.17, 15) is 9.90 Å². The van der Waals surface area contributed by atoms with Crippen LogP contribution in [-0.4, -0.2) is 29.2 Å². The Morgan fingerprint density at radius 1 is 1.12 bits per heavy atom. The van der Waals surface area contributed by atoms with E-state index in [1.165, 1.54) is 6.08 Å². The van der Waals surface area contributed by atoms with Crippen LogP contribution in [0.15, 0.2) is 59.6 Å². The van der Waals surface area contributed by atoms with E-state index in [1.807, 2.05) is 51.1 Å². The highest BCUT2D eigenvalue weighted by Gasteiger charge is 2.34. The number of aromatic hydroxyl groups is 1. The van der Waals surface area contributed by atoms with Gasteiger partial charge in [-0.2, -0.15) is 0 Å². The molecule has 8 nitrogen and oxygen atoms in total. The molecule has 0 spiro atoms. The van der Waals surface area contributed by atoms with Crippen LogP contribution in [0.1, 0.15) is 47.6 Å². The van der Waals surface area contributed by atoms with E-state index in [0.29, 0.717) is 35.9 Å². The van der Waals surface area contributed by atoms with Crippen molar-refractivity contribution in [2.45, 2.75) is 52.6 Å². The summed E-state index contributed by atoms with van der Waals surface area (Å²) in [7, 11) is 0. The van der Waals surface area contributed by atoms with Crippen LogP contribution < -0.4 is 26.3 Å². The zero-order valence-corrected chi connectivity index (χ0v) is 24.1. The number of rotatable bonds is 8. The normalized spacial score (nSPS) is 15.9. The number of aliphatic imine (C=N–C) groups is 1. The SMILES string of the molecule is Cc1c(C)c2c(c(C)c1O)CCC(C)(CCOc1cccc(NC(=O)/C=C/c3ccc(N=C(N)N)cc3)c1)O2.Cl. The molecule has 212 valence electrons. The summed E-state index contributed by atoms with van der Waals surface area (Å²) in [6.45, 7) is 8.44. The van der Waals surface area contributed by atoms with Crippen molar-refractivity contribution in [3.63, 3.8) is 0 Å². The second-order valence-corrected chi connectivity index (χ2v) is 10.2. The van der Waals surface area contributed by atoms with Crippen LogP contribution >= 0.6 is 12.4 Å². The van der Waals surface area contributed by atoms with Gasteiger partial charge in [-0.25, -0.2) is 4.99 Å². The molecule has 0 bridgehead atoms. The minimum atomic E-state index is -0.369. The van der Waals surface area contributed by atoms with Crippen molar-refractivity contribution >= 4 is 41.7 Å². The van der Waals surface area contributed by atoms with Gasteiger partial charge >= 0.3 is 0 Å². The van der Waals surface area contributed by atoms with Gasteiger partial charge in [0.2, 0.25) is 5.91 Å². The summed E-state index contributed by atoms with van der Waals surface area (Å²) in [4.78, 5) is 16.4. The molecule has 3 aromatic carbocycles. The molecule has 6 N–H and O–H groups in total. The average Bonchev–Trinajstić information content (AvgIpc) is 2.90. The lowest BCUT2D eigenvalue weighted by Gasteiger charge is -2.38. The summed E-state index contributed by atoms with van der Waals surface area (Å²) in [5.74, 6) is 1.66. The number of guanidine groups is 1. The number of phenolic OH excluding ortho intramolecular Hbond substituents is 1. The van der Waals surface area contributed by atoms with Gasteiger partial charge in [-0.3, -0.25) is 4.79 Å². The molecule has 0 saturated heterocycles. The molecule has 9 heteroatoms. The number of phenols is 1. The Morgan fingerprint density at radius 3 is 2.55 bits per heavy atom. The molecule has 0 fully saturated rings. The quantitative estimate of drug-likeness (QED) is 0.154. The summed E-state index contributed by atoms with van der Waals surface area (Å²) in [5, 5.41) is 13.3. The molecule has 1 aliphatic rings. The maximum atomic E-state index is 12.4. The summed E-state index contributed by atoms with van der Waals surface area (Å²) < 4.78 is 12.5. The molecular weight excluding hydrogens is 528 g/mol. The van der Waals surface area contributed by atoms with Gasteiger partial charge < -0.3 is 31.4 Å². The Kier molecular flexibility index (Phi) is 9.71. The monoisotopic (exact) mass is 564 g/mol. The van der Waals surface area contributed by atoms with Gasteiger partial charge in [-0.05, 0) is 93.1 Å². The first-order valence-corrected chi connectivity index (χ1v) is 13.0. The van der Waals surface area contributed by atoms with Crippen molar-refractivity contribution in [3.05, 3.63) is 82.4 Å². The number of ether oxygens (including phenoxy) is 2. The van der Waals surface area contributed by atoms with Gasteiger partial charge in [0.1, 0.15) is 22.8 Å². The number of hydrogen-bond donors (Lipinski definition) is 4. The fourth-order valence-electron chi connectivity index (χ4n) is 4.68. The molecule has 1 amide bonds. The van der Waals surface area contributed by atoms with Crippen molar-refractivity contribution in [1.82, 2.24) is 0 Å². The van der Waals surface area contributed by atoms with E-state index < -0.39 is 0 Å². The lowest BCUT2D eigenvalue weighted by molar-refractivity contribution is -0.111. The van der Waals surface area contributed by atoms with E-state index in [4.69, 9.17) is 20.9 Å². The minimum absolute atomic E-state index is 0. The largest absolute Gasteiger partial charge is 0.507 e. The van der Waals surface area contributed by atoms with Crippen LogP contribution in [0.2, 0.25) is 0 Å². The van der Waals surface area contributed by atoms with Gasteiger partial charge in [-0.1, -0.05) is 18.2 Å². The van der Waals surface area contributed by atoms with Crippen molar-refractivity contribution < 1.29 is 19.4 Å². The standard InChI is InChI=1S/C31H36N4O4.ClH/c1-19-20(2)29-26(21(3)28(19)37)14-15-31(4,39-29)16-17-38-25-7-5-6-24(18-25)34-27(36)13-10-22-8-11-23(12-9-22)35-30(32)33;/h5-13,18,37H,14-17H2,1-4H3,(H,34,36)(H4,32,33,35);1H/b13-10+;. The van der Waals surface area contributed by atoms with Crippen molar-refractivity contribution in [2.24, 2.45) is 16.5 Å². The predicted molar refractivity (Wildman–Crippen MR) is 163 cm³/mol. The maximum Gasteiger partial charge on any atom is 0.248 e. The van der Waals surface area contributed by atoms with Crippen LogP contribution in [-0.2, 0) is 11.2 Å². The number of nitrogens with zero attached hydrogens (tertiary/aromatic N) is 1. The summed E-state index contributed by atoms with van der Waals surface area (Å²) >= 11 is 0. The summed E-state index contributed by atoms with van der Waals surface area (Å²) in [6.07, 6.45) is 5.57. The first-order valence-electron chi connectivity index (χ1n) is 13.0. The lowest BCUT2D eigenvalue weighted by atomic mass is 9.86. The number of carbonyl (C=O) groups excluding carboxylic acids is 1. The van der Waals surface area contributed by atoms with E-state index in [-0.39, 0.29) is 29.9 Å². The molecule has 40 heavy (non-hydrogen) atoms. The fraction of sp³-hybridized carbons (Fsp3) is 0.290. The fourth-order valence-corrected chi connectivity index (χ4v) is 4.68. The molecule has 0 aliphatic carbocycles. The van der Waals surface area contributed by atoms with E-state index >= 15 is 0 Å². The molecule has 1 unspecified atom stereocenters. The first-order chi connectivity index (χ1) is 18.5. The second kappa shape index (κ2) is 12.8. The van der Waals surface area contributed by atoms with Crippen molar-refractivity contribution in [2.75, 3.05) is 11.9 Å². The number of anilines is 1. The highest BCUT2D eigenvalue weighted by atomic mass is 35.5. The predicted octanol–water partition coefficient (Wildman–Crippen LogP) is 5.85. The molecule has 1 aliphatic heterocycles. The van der Waals surface area contributed by atoms with Gasteiger partial charge in [-0.15, -0.1) is 12.4 Å². The van der Waals surface area contributed by atoms with Crippen LogP contribution in [0.3, 0.4) is 0 Å². The zero-order chi connectivity index (χ0) is 28.2. The van der Waals surface area contributed by atoms with Crippen LogP contribution in [0.25, 0.3) is 6.08 Å². The van der Waals surface area contributed by atoms with E-state index in [1.54, 1.807) is 24.3 Å². The number of amides is 1. The highest BCUT2D eigenvalue weighted by Crippen LogP contribution is 2.44. The molecule has 0 saturated carbocycles. The second-order valence-electron chi connectivity index (χ2n) is 10.2. The number of benzene rings is 3. The Balaban J connectivity index is 0.00000441. The number of carbonyl (C=O) groups is 1. The zero-order valence-electron chi connectivity index (χ0n) is 23.3. The van der Waals surface area contributed by atoms with Gasteiger partial charge in [0.05, 0.1) is 12.3 Å². The number of nitrogens with one attached hydrogen (secondary N) is 1. The number of hydrogen-bond acceptors (Lipinski definition) is 5. The van der Waals surface area contributed by atoms with E-state index in [0.717, 1.165) is 46.4 Å². The maximum absolute atomic E-state index is 12.4. The third-order valence-electron chi connectivity index (χ3n) is 7.17. The Morgan fingerprint density at radius 2 is 1.85 bits per heavy atom. The molecule has 4 rings (SSSR count). The number of fused-ring (bicyclic) bond motifs is 1. The molecule has 0 aromatic heterocycles. The molecular formula is C31H37ClN4O4. The van der Waals surface area contributed by atoms with Crippen molar-refractivity contribution in [3.8, 4) is 17.2 Å². The topological polar surface area (TPSA) is 132 Å². The summed E-state index contributed by atoms with van der Waals surface area (Å²) in [5.41, 5.74) is 16.4. The van der Waals surface area contributed by atoms with Crippen molar-refractivity contribution in [1.29, 1.82) is 0 Å². The molecule has 1 atom stereocenters. The van der Waals surface area contributed by atoms with E-state index in [2.05, 4.69) is 17.2 Å². The number of nitrogens with two attached hydrogens (primary N) is 2. The third kappa shape index (κ3) is 7.27. The summed E-state index contributed by atoms with van der Waals surface area (Å²) in [6, 6.07) is 14.5. The Bertz CT molecular complexity index is 1430. The Hall–Kier alpha value is -4.17. The average molecular weight is 565 g/mol.